The zero-order valence-electron chi connectivity index (χ0n) is 19.9. The molecule has 1 aromatic heterocycles. The number of aromatic nitrogens is 1. The van der Waals surface area contributed by atoms with Gasteiger partial charge in [0.25, 0.3) is 5.91 Å². The summed E-state index contributed by atoms with van der Waals surface area (Å²) in [6.45, 7) is 1.02. The summed E-state index contributed by atoms with van der Waals surface area (Å²) in [4.78, 5) is 26.2. The minimum atomic E-state index is -0.188. The van der Waals surface area contributed by atoms with Gasteiger partial charge < -0.3 is 24.7 Å². The van der Waals surface area contributed by atoms with Crippen LogP contribution >= 0.6 is 23.4 Å². The number of hydrogen-bond donors (Lipinski definition) is 2. The van der Waals surface area contributed by atoms with Crippen LogP contribution in [-0.2, 0) is 11.3 Å². The van der Waals surface area contributed by atoms with Gasteiger partial charge in [0.2, 0.25) is 5.91 Å². The lowest BCUT2D eigenvalue weighted by Crippen LogP contribution is -2.27. The Labute approximate surface area is 218 Å². The maximum Gasteiger partial charge on any atom is 0.255 e. The first-order chi connectivity index (χ1) is 17.5. The van der Waals surface area contributed by atoms with Gasteiger partial charge >= 0.3 is 0 Å². The van der Waals surface area contributed by atoms with Crippen LogP contribution in [0.4, 0.5) is 5.69 Å². The van der Waals surface area contributed by atoms with Gasteiger partial charge in [-0.3, -0.25) is 9.59 Å². The van der Waals surface area contributed by atoms with Crippen LogP contribution in [0.3, 0.4) is 0 Å². The Balaban J connectivity index is 1.40. The summed E-state index contributed by atoms with van der Waals surface area (Å²) in [6, 6.07) is 20.2. The molecule has 0 unspecified atom stereocenters. The van der Waals surface area contributed by atoms with Gasteiger partial charge in [-0.05, 0) is 36.4 Å². The molecule has 0 aliphatic rings. The van der Waals surface area contributed by atoms with Gasteiger partial charge in [0.1, 0.15) is 11.5 Å². The van der Waals surface area contributed by atoms with E-state index in [1.54, 1.807) is 50.6 Å². The summed E-state index contributed by atoms with van der Waals surface area (Å²) in [6.07, 6.45) is 2.01. The summed E-state index contributed by atoms with van der Waals surface area (Å²) in [5.41, 5.74) is 2.06. The van der Waals surface area contributed by atoms with Gasteiger partial charge in [0, 0.05) is 40.1 Å². The normalized spacial score (nSPS) is 10.8. The van der Waals surface area contributed by atoms with Gasteiger partial charge in [-0.2, -0.15) is 0 Å². The van der Waals surface area contributed by atoms with E-state index in [1.165, 1.54) is 11.8 Å². The summed E-state index contributed by atoms with van der Waals surface area (Å²) >= 11 is 7.51. The monoisotopic (exact) mass is 523 g/mol. The first-order valence-electron chi connectivity index (χ1n) is 11.3. The highest BCUT2D eigenvalue weighted by molar-refractivity contribution is 8.00. The van der Waals surface area contributed by atoms with E-state index in [0.29, 0.717) is 40.9 Å². The standard InChI is InChI=1S/C27H26ClN3O4S/c1-34-23-10-6-4-8-20(23)27(33)29-13-14-31-16-25(19-7-3-5-9-22(19)31)36-17-26(32)30-21-15-18(28)11-12-24(21)35-2/h3-12,15-16H,13-14,17H2,1-2H3,(H,29,33)(H,30,32). The molecule has 2 N–H and O–H groups in total. The molecule has 0 aliphatic heterocycles. The number of carbonyl (C=O) groups excluding carboxylic acids is 2. The molecule has 0 atom stereocenters. The molecule has 0 spiro atoms. The topological polar surface area (TPSA) is 81.6 Å². The Kier molecular flexibility index (Phi) is 8.40. The van der Waals surface area contributed by atoms with Crippen LogP contribution < -0.4 is 20.1 Å². The lowest BCUT2D eigenvalue weighted by Gasteiger charge is -2.10. The van der Waals surface area contributed by atoms with Crippen molar-refractivity contribution in [3.63, 3.8) is 0 Å². The summed E-state index contributed by atoms with van der Waals surface area (Å²) in [7, 11) is 3.09. The molecule has 36 heavy (non-hydrogen) atoms. The molecule has 0 bridgehead atoms. The number of halogens is 1. The van der Waals surface area contributed by atoms with Crippen molar-refractivity contribution in [1.82, 2.24) is 9.88 Å². The number of ether oxygens (including phenoxy) is 2. The molecule has 0 saturated carbocycles. The first kappa shape index (κ1) is 25.5. The van der Waals surface area contributed by atoms with Crippen LogP contribution in [0.25, 0.3) is 10.9 Å². The van der Waals surface area contributed by atoms with Crippen LogP contribution in [0, 0.1) is 0 Å². The molecule has 3 aromatic carbocycles. The van der Waals surface area contributed by atoms with Crippen molar-refractivity contribution >= 4 is 51.8 Å². The molecule has 4 rings (SSSR count). The third-order valence-corrected chi connectivity index (χ3v) is 6.81. The number of carbonyl (C=O) groups is 2. The van der Waals surface area contributed by atoms with Crippen molar-refractivity contribution in [3.05, 3.63) is 83.5 Å². The first-order valence-corrected chi connectivity index (χ1v) is 12.6. The van der Waals surface area contributed by atoms with Gasteiger partial charge in [-0.1, -0.05) is 41.9 Å². The molecule has 0 fully saturated rings. The lowest BCUT2D eigenvalue weighted by atomic mass is 10.2. The smallest absolute Gasteiger partial charge is 0.255 e. The number of benzene rings is 3. The van der Waals surface area contributed by atoms with Crippen LogP contribution in [0.1, 0.15) is 10.4 Å². The quantitative estimate of drug-likeness (QED) is 0.269. The van der Waals surface area contributed by atoms with Crippen molar-refractivity contribution in [1.29, 1.82) is 0 Å². The molecule has 186 valence electrons. The van der Waals surface area contributed by atoms with Gasteiger partial charge in [0.15, 0.2) is 0 Å². The van der Waals surface area contributed by atoms with Crippen LogP contribution in [0.15, 0.2) is 77.8 Å². The number of hydrogen-bond acceptors (Lipinski definition) is 5. The van der Waals surface area contributed by atoms with Crippen LogP contribution in [-0.4, -0.2) is 42.9 Å². The third kappa shape index (κ3) is 5.95. The fraction of sp³-hybridized carbons (Fsp3) is 0.185. The Bertz CT molecular complexity index is 1390. The van der Waals surface area contributed by atoms with Crippen molar-refractivity contribution in [2.75, 3.05) is 31.8 Å². The zero-order valence-corrected chi connectivity index (χ0v) is 21.5. The highest BCUT2D eigenvalue weighted by Crippen LogP contribution is 2.31. The highest BCUT2D eigenvalue weighted by atomic mass is 35.5. The predicted octanol–water partition coefficient (Wildman–Crippen LogP) is 5.47. The van der Waals surface area contributed by atoms with E-state index >= 15 is 0 Å². The van der Waals surface area contributed by atoms with E-state index in [4.69, 9.17) is 21.1 Å². The minimum Gasteiger partial charge on any atom is -0.496 e. The molecule has 7 nitrogen and oxygen atoms in total. The summed E-state index contributed by atoms with van der Waals surface area (Å²) in [5.74, 6) is 0.945. The Morgan fingerprint density at radius 1 is 0.972 bits per heavy atom. The van der Waals surface area contributed by atoms with E-state index in [9.17, 15) is 9.59 Å². The number of methoxy groups -OCH3 is 2. The fourth-order valence-electron chi connectivity index (χ4n) is 3.84. The molecular formula is C27H26ClN3O4S. The third-order valence-electron chi connectivity index (χ3n) is 5.54. The Morgan fingerprint density at radius 3 is 2.53 bits per heavy atom. The van der Waals surface area contributed by atoms with E-state index in [-0.39, 0.29) is 17.6 Å². The van der Waals surface area contributed by atoms with E-state index in [0.717, 1.165) is 15.8 Å². The number of amides is 2. The molecule has 0 aliphatic carbocycles. The average molecular weight is 524 g/mol. The Hall–Kier alpha value is -3.62. The van der Waals surface area contributed by atoms with Gasteiger partial charge in [0.05, 0.1) is 31.2 Å². The van der Waals surface area contributed by atoms with Crippen molar-refractivity contribution < 1.29 is 19.1 Å². The Morgan fingerprint density at radius 2 is 1.72 bits per heavy atom. The van der Waals surface area contributed by atoms with E-state index < -0.39 is 0 Å². The average Bonchev–Trinajstić information content (AvgIpc) is 3.25. The number of nitrogens with zero attached hydrogens (tertiary/aromatic N) is 1. The van der Waals surface area contributed by atoms with Gasteiger partial charge in [-0.15, -0.1) is 11.8 Å². The molecule has 0 saturated heterocycles. The molecule has 2 amide bonds. The molecular weight excluding hydrogens is 498 g/mol. The van der Waals surface area contributed by atoms with Crippen molar-refractivity contribution in [2.45, 2.75) is 11.4 Å². The molecule has 1 heterocycles. The minimum absolute atomic E-state index is 0.165. The van der Waals surface area contributed by atoms with E-state index in [2.05, 4.69) is 15.2 Å². The maximum absolute atomic E-state index is 12.6. The number of anilines is 1. The number of para-hydroxylation sites is 2. The molecule has 4 aromatic rings. The summed E-state index contributed by atoms with van der Waals surface area (Å²) < 4.78 is 12.7. The molecule has 9 heteroatoms. The summed E-state index contributed by atoms with van der Waals surface area (Å²) in [5, 5.41) is 7.38. The van der Waals surface area contributed by atoms with Crippen molar-refractivity contribution in [2.24, 2.45) is 0 Å². The van der Waals surface area contributed by atoms with E-state index in [1.807, 2.05) is 36.5 Å². The van der Waals surface area contributed by atoms with Crippen LogP contribution in [0.5, 0.6) is 11.5 Å². The van der Waals surface area contributed by atoms with Crippen LogP contribution in [0.2, 0.25) is 5.02 Å². The second-order valence-corrected chi connectivity index (χ2v) is 9.30. The molecule has 0 radical (unpaired) electrons. The van der Waals surface area contributed by atoms with Gasteiger partial charge in [-0.25, -0.2) is 0 Å². The zero-order chi connectivity index (χ0) is 25.5. The predicted molar refractivity (Wildman–Crippen MR) is 145 cm³/mol. The van der Waals surface area contributed by atoms with Crippen molar-refractivity contribution in [3.8, 4) is 11.5 Å². The number of fused-ring (bicyclic) bond motifs is 1. The number of rotatable bonds is 10. The highest BCUT2D eigenvalue weighted by Gasteiger charge is 2.14. The lowest BCUT2D eigenvalue weighted by molar-refractivity contribution is -0.113. The second kappa shape index (κ2) is 11.9. The SMILES string of the molecule is COc1ccc(Cl)cc1NC(=O)CSc1cn(CCNC(=O)c2ccccc2OC)c2ccccc12. The maximum atomic E-state index is 12.6. The number of thioether (sulfide) groups is 1. The fourth-order valence-corrected chi connectivity index (χ4v) is 4.90. The largest absolute Gasteiger partial charge is 0.496 e. The second-order valence-electron chi connectivity index (χ2n) is 7.84. The number of nitrogens with one attached hydrogen (secondary N) is 2.